The Morgan fingerprint density at radius 1 is 1.38 bits per heavy atom. The maximum Gasteiger partial charge on any atom is 0.202 e. The Balaban J connectivity index is 2.43. The van der Waals surface area contributed by atoms with Crippen molar-refractivity contribution in [2.24, 2.45) is 0 Å². The number of phenolic OH excluding ortho intramolecular Hbond substituents is 1. The van der Waals surface area contributed by atoms with E-state index in [9.17, 15) is 9.90 Å². The Bertz CT molecular complexity index is 567. The third-order valence-electron chi connectivity index (χ3n) is 2.12. The highest BCUT2D eigenvalue weighted by Crippen LogP contribution is 2.21. The number of rotatable bonds is 2. The van der Waals surface area contributed by atoms with Gasteiger partial charge in [-0.1, -0.05) is 6.07 Å². The quantitative estimate of drug-likeness (QED) is 0.805. The first-order valence-corrected chi connectivity index (χ1v) is 5.41. The number of phenols is 1. The number of carbonyl (C=O) groups is 1. The molecular formula is C12H7NO2S. The minimum Gasteiger partial charge on any atom is -0.507 e. The predicted octanol–water partition coefficient (Wildman–Crippen LogP) is 2.56. The van der Waals surface area contributed by atoms with Gasteiger partial charge in [-0.15, -0.1) is 11.3 Å². The van der Waals surface area contributed by atoms with Gasteiger partial charge < -0.3 is 5.11 Å². The van der Waals surface area contributed by atoms with E-state index in [1.54, 1.807) is 12.1 Å². The summed E-state index contributed by atoms with van der Waals surface area (Å²) < 4.78 is 0. The zero-order chi connectivity index (χ0) is 11.5. The summed E-state index contributed by atoms with van der Waals surface area (Å²) in [5, 5.41) is 19.9. The molecule has 0 aliphatic heterocycles. The van der Waals surface area contributed by atoms with Crippen molar-refractivity contribution in [2.75, 3.05) is 0 Å². The zero-order valence-electron chi connectivity index (χ0n) is 8.18. The van der Waals surface area contributed by atoms with Crippen LogP contribution in [0, 0.1) is 11.3 Å². The number of thiophene rings is 1. The van der Waals surface area contributed by atoms with Gasteiger partial charge in [-0.25, -0.2) is 0 Å². The third-order valence-corrected chi connectivity index (χ3v) is 2.99. The average molecular weight is 229 g/mol. The first kappa shape index (κ1) is 10.4. The van der Waals surface area contributed by atoms with Crippen molar-refractivity contribution in [1.82, 2.24) is 0 Å². The van der Waals surface area contributed by atoms with Crippen molar-refractivity contribution in [3.8, 4) is 11.8 Å². The van der Waals surface area contributed by atoms with Crippen LogP contribution in [-0.2, 0) is 0 Å². The molecule has 0 atom stereocenters. The maximum atomic E-state index is 11.9. The van der Waals surface area contributed by atoms with Gasteiger partial charge in [0, 0.05) is 5.56 Å². The highest BCUT2D eigenvalue weighted by atomic mass is 32.1. The third kappa shape index (κ3) is 1.81. The highest BCUT2D eigenvalue weighted by Gasteiger charge is 2.12. The first-order chi connectivity index (χ1) is 7.72. The lowest BCUT2D eigenvalue weighted by Crippen LogP contribution is -1.98. The summed E-state index contributed by atoms with van der Waals surface area (Å²) in [7, 11) is 0. The number of ketones is 1. The van der Waals surface area contributed by atoms with Crippen LogP contribution in [0.5, 0.6) is 5.75 Å². The summed E-state index contributed by atoms with van der Waals surface area (Å²) in [6.45, 7) is 0. The molecule has 2 aromatic rings. The van der Waals surface area contributed by atoms with Gasteiger partial charge in [0.05, 0.1) is 10.4 Å². The van der Waals surface area contributed by atoms with Crippen LogP contribution in [-0.4, -0.2) is 10.9 Å². The second-order valence-electron chi connectivity index (χ2n) is 3.15. The van der Waals surface area contributed by atoms with Crippen molar-refractivity contribution < 1.29 is 9.90 Å². The van der Waals surface area contributed by atoms with E-state index in [2.05, 4.69) is 0 Å². The number of hydrogen-bond donors (Lipinski definition) is 1. The van der Waals surface area contributed by atoms with E-state index in [0.29, 0.717) is 10.4 Å². The Kier molecular flexibility index (Phi) is 2.71. The van der Waals surface area contributed by atoms with Gasteiger partial charge >= 0.3 is 0 Å². The molecule has 0 unspecified atom stereocenters. The number of carbonyl (C=O) groups excluding carboxylic acids is 1. The lowest BCUT2D eigenvalue weighted by Gasteiger charge is -2.00. The van der Waals surface area contributed by atoms with E-state index in [4.69, 9.17) is 5.26 Å². The Morgan fingerprint density at radius 2 is 2.19 bits per heavy atom. The predicted molar refractivity (Wildman–Crippen MR) is 60.6 cm³/mol. The van der Waals surface area contributed by atoms with Gasteiger partial charge in [0.1, 0.15) is 11.8 Å². The van der Waals surface area contributed by atoms with Crippen LogP contribution in [0.25, 0.3) is 0 Å². The summed E-state index contributed by atoms with van der Waals surface area (Å²) in [5.41, 5.74) is 0.527. The molecule has 0 aliphatic carbocycles. The Labute approximate surface area is 96.2 Å². The lowest BCUT2D eigenvalue weighted by molar-refractivity contribution is 0.104. The zero-order valence-corrected chi connectivity index (χ0v) is 8.99. The Hall–Kier alpha value is -2.12. The smallest absolute Gasteiger partial charge is 0.202 e. The van der Waals surface area contributed by atoms with Gasteiger partial charge in [-0.05, 0) is 29.6 Å². The topological polar surface area (TPSA) is 61.1 Å². The van der Waals surface area contributed by atoms with Gasteiger partial charge in [-0.3, -0.25) is 4.79 Å². The summed E-state index contributed by atoms with van der Waals surface area (Å²) in [6.07, 6.45) is 0. The highest BCUT2D eigenvalue weighted by molar-refractivity contribution is 7.12. The molecule has 0 fully saturated rings. The van der Waals surface area contributed by atoms with E-state index in [1.807, 2.05) is 11.4 Å². The van der Waals surface area contributed by atoms with Gasteiger partial charge in [0.15, 0.2) is 0 Å². The molecule has 16 heavy (non-hydrogen) atoms. The van der Waals surface area contributed by atoms with E-state index < -0.39 is 0 Å². The molecule has 0 radical (unpaired) electrons. The van der Waals surface area contributed by atoms with Crippen molar-refractivity contribution >= 4 is 17.1 Å². The second kappa shape index (κ2) is 4.17. The maximum absolute atomic E-state index is 11.9. The van der Waals surface area contributed by atoms with Gasteiger partial charge in [0.2, 0.25) is 5.78 Å². The number of nitriles is 1. The first-order valence-electron chi connectivity index (χ1n) is 4.53. The van der Waals surface area contributed by atoms with Crippen LogP contribution in [0.1, 0.15) is 20.8 Å². The average Bonchev–Trinajstić information content (AvgIpc) is 2.82. The number of nitrogens with zero attached hydrogens (tertiary/aromatic N) is 1. The largest absolute Gasteiger partial charge is 0.507 e. The molecule has 1 aromatic heterocycles. The summed E-state index contributed by atoms with van der Waals surface area (Å²) >= 11 is 1.35. The van der Waals surface area contributed by atoms with Gasteiger partial charge in [0.25, 0.3) is 0 Å². The van der Waals surface area contributed by atoms with Crippen LogP contribution in [0.2, 0.25) is 0 Å². The SMILES string of the molecule is N#Cc1cc(C(=O)c2cccs2)ccc1O. The van der Waals surface area contributed by atoms with E-state index in [0.717, 1.165) is 0 Å². The van der Waals surface area contributed by atoms with Crippen molar-refractivity contribution in [1.29, 1.82) is 5.26 Å². The second-order valence-corrected chi connectivity index (χ2v) is 4.10. The van der Waals surface area contributed by atoms with Gasteiger partial charge in [-0.2, -0.15) is 5.26 Å². The molecule has 0 amide bonds. The molecule has 3 nitrogen and oxygen atoms in total. The van der Waals surface area contributed by atoms with Crippen molar-refractivity contribution in [3.63, 3.8) is 0 Å². The molecule has 4 heteroatoms. The van der Waals surface area contributed by atoms with Crippen LogP contribution >= 0.6 is 11.3 Å². The summed E-state index contributed by atoms with van der Waals surface area (Å²) in [4.78, 5) is 12.5. The number of aromatic hydroxyl groups is 1. The number of hydrogen-bond acceptors (Lipinski definition) is 4. The fourth-order valence-corrected chi connectivity index (χ4v) is 2.00. The van der Waals surface area contributed by atoms with Crippen LogP contribution in [0.4, 0.5) is 0 Å². The molecule has 0 saturated carbocycles. The van der Waals surface area contributed by atoms with Crippen LogP contribution < -0.4 is 0 Å². The minimum absolute atomic E-state index is 0.106. The van der Waals surface area contributed by atoms with E-state index in [-0.39, 0.29) is 17.1 Å². The van der Waals surface area contributed by atoms with Crippen LogP contribution in [0.15, 0.2) is 35.7 Å². The summed E-state index contributed by atoms with van der Waals surface area (Å²) in [5.74, 6) is -0.239. The molecule has 2 rings (SSSR count). The molecular weight excluding hydrogens is 222 g/mol. The molecule has 78 valence electrons. The van der Waals surface area contributed by atoms with Crippen molar-refractivity contribution in [3.05, 3.63) is 51.7 Å². The minimum atomic E-state index is -0.133. The fourth-order valence-electron chi connectivity index (χ4n) is 1.32. The molecule has 1 aromatic carbocycles. The normalized spacial score (nSPS) is 9.69. The standard InChI is InChI=1S/C12H7NO2S/c13-7-9-6-8(3-4-10(9)14)12(15)11-2-1-5-16-11/h1-6,14H. The Morgan fingerprint density at radius 3 is 2.81 bits per heavy atom. The molecule has 0 spiro atoms. The monoisotopic (exact) mass is 229 g/mol. The summed E-state index contributed by atoms with van der Waals surface area (Å²) in [6, 6.07) is 9.63. The molecule has 1 heterocycles. The molecule has 0 saturated heterocycles. The van der Waals surface area contributed by atoms with E-state index in [1.165, 1.54) is 29.5 Å². The molecule has 1 N–H and O–H groups in total. The van der Waals surface area contributed by atoms with Crippen LogP contribution in [0.3, 0.4) is 0 Å². The lowest BCUT2D eigenvalue weighted by atomic mass is 10.1. The van der Waals surface area contributed by atoms with Crippen molar-refractivity contribution in [2.45, 2.75) is 0 Å². The molecule has 0 aliphatic rings. The fraction of sp³-hybridized carbons (Fsp3) is 0. The number of benzene rings is 1. The molecule has 0 bridgehead atoms. The van der Waals surface area contributed by atoms with E-state index >= 15 is 0 Å².